The highest BCUT2D eigenvalue weighted by Gasteiger charge is 2.33. The van der Waals surface area contributed by atoms with Crippen LogP contribution in [0.5, 0.6) is 0 Å². The summed E-state index contributed by atoms with van der Waals surface area (Å²) in [5.74, 6) is -0.730. The van der Waals surface area contributed by atoms with E-state index in [9.17, 15) is 14.0 Å². The molecule has 0 aromatic heterocycles. The van der Waals surface area contributed by atoms with E-state index < -0.39 is 6.03 Å². The maximum absolute atomic E-state index is 13.1. The quantitative estimate of drug-likeness (QED) is 0.649. The second-order valence-electron chi connectivity index (χ2n) is 7.24. The van der Waals surface area contributed by atoms with E-state index in [1.807, 2.05) is 13.0 Å². The van der Waals surface area contributed by atoms with Crippen LogP contribution in [0.15, 0.2) is 48.2 Å². The fourth-order valence-electron chi connectivity index (χ4n) is 3.64. The standard InChI is InChI=1S/C22H22FN3O2/c1-15-12-19(25-10-2-3-11-25)9-6-17(15)13-20-21(27)26(22(28)24-20)14-16-4-7-18(23)8-5-16/h4-9,12-13H,2-3,10-11,14H2,1H3,(H,24,28). The fourth-order valence-corrected chi connectivity index (χ4v) is 3.64. The first-order chi connectivity index (χ1) is 13.5. The van der Waals surface area contributed by atoms with Gasteiger partial charge in [0.05, 0.1) is 6.54 Å². The van der Waals surface area contributed by atoms with E-state index in [2.05, 4.69) is 22.3 Å². The van der Waals surface area contributed by atoms with E-state index >= 15 is 0 Å². The van der Waals surface area contributed by atoms with Gasteiger partial charge in [-0.15, -0.1) is 0 Å². The number of carbonyl (C=O) groups excluding carboxylic acids is 2. The lowest BCUT2D eigenvalue weighted by molar-refractivity contribution is -0.123. The Balaban J connectivity index is 1.52. The number of nitrogens with zero attached hydrogens (tertiary/aromatic N) is 2. The molecular formula is C22H22FN3O2. The summed E-state index contributed by atoms with van der Waals surface area (Å²) >= 11 is 0. The van der Waals surface area contributed by atoms with Gasteiger partial charge in [-0.3, -0.25) is 9.69 Å². The van der Waals surface area contributed by atoms with Crippen molar-refractivity contribution in [3.8, 4) is 0 Å². The van der Waals surface area contributed by atoms with Gasteiger partial charge >= 0.3 is 6.03 Å². The average molecular weight is 379 g/mol. The van der Waals surface area contributed by atoms with Gasteiger partial charge in [0.2, 0.25) is 0 Å². The molecule has 2 fully saturated rings. The van der Waals surface area contributed by atoms with E-state index in [-0.39, 0.29) is 24.0 Å². The van der Waals surface area contributed by atoms with Crippen LogP contribution in [0, 0.1) is 12.7 Å². The van der Waals surface area contributed by atoms with Gasteiger partial charge < -0.3 is 10.2 Å². The molecule has 144 valence electrons. The van der Waals surface area contributed by atoms with Gasteiger partial charge in [0, 0.05) is 18.8 Å². The molecule has 0 saturated carbocycles. The molecule has 0 spiro atoms. The highest BCUT2D eigenvalue weighted by atomic mass is 19.1. The van der Waals surface area contributed by atoms with Gasteiger partial charge in [-0.1, -0.05) is 18.2 Å². The molecule has 1 N–H and O–H groups in total. The largest absolute Gasteiger partial charge is 0.372 e. The van der Waals surface area contributed by atoms with Gasteiger partial charge in [0.1, 0.15) is 11.5 Å². The minimum absolute atomic E-state index is 0.106. The Hall–Kier alpha value is -3.15. The molecule has 0 unspecified atom stereocenters. The third-order valence-electron chi connectivity index (χ3n) is 5.24. The molecule has 5 nitrogen and oxygen atoms in total. The third-order valence-corrected chi connectivity index (χ3v) is 5.24. The molecule has 0 atom stereocenters. The van der Waals surface area contributed by atoms with Crippen LogP contribution in [-0.2, 0) is 11.3 Å². The van der Waals surface area contributed by atoms with Crippen LogP contribution in [-0.4, -0.2) is 29.9 Å². The summed E-state index contributed by atoms with van der Waals surface area (Å²) in [4.78, 5) is 28.4. The Morgan fingerprint density at radius 1 is 1.07 bits per heavy atom. The summed E-state index contributed by atoms with van der Waals surface area (Å²) in [6, 6.07) is 11.5. The van der Waals surface area contributed by atoms with Crippen molar-refractivity contribution in [3.63, 3.8) is 0 Å². The zero-order valence-electron chi connectivity index (χ0n) is 15.7. The molecule has 2 aliphatic rings. The maximum atomic E-state index is 13.1. The zero-order chi connectivity index (χ0) is 19.7. The predicted octanol–water partition coefficient (Wildman–Crippen LogP) is 3.83. The van der Waals surface area contributed by atoms with Crippen molar-refractivity contribution in [3.05, 3.63) is 70.7 Å². The van der Waals surface area contributed by atoms with E-state index in [1.54, 1.807) is 18.2 Å². The Bertz CT molecular complexity index is 947. The second-order valence-corrected chi connectivity index (χ2v) is 7.24. The molecule has 0 aliphatic carbocycles. The summed E-state index contributed by atoms with van der Waals surface area (Å²) in [6.07, 6.45) is 4.15. The molecule has 3 amide bonds. The topological polar surface area (TPSA) is 52.7 Å². The van der Waals surface area contributed by atoms with Gasteiger partial charge in [-0.05, 0) is 66.8 Å². The summed E-state index contributed by atoms with van der Waals surface area (Å²) in [5.41, 5.74) is 4.09. The van der Waals surface area contributed by atoms with Crippen molar-refractivity contribution in [1.29, 1.82) is 0 Å². The lowest BCUT2D eigenvalue weighted by atomic mass is 10.1. The van der Waals surface area contributed by atoms with Crippen LogP contribution < -0.4 is 10.2 Å². The van der Waals surface area contributed by atoms with E-state index in [1.165, 1.54) is 30.7 Å². The van der Waals surface area contributed by atoms with Crippen molar-refractivity contribution < 1.29 is 14.0 Å². The van der Waals surface area contributed by atoms with E-state index in [4.69, 9.17) is 0 Å². The van der Waals surface area contributed by atoms with Gasteiger partial charge in [-0.2, -0.15) is 0 Å². The number of nitrogens with one attached hydrogen (secondary N) is 1. The summed E-state index contributed by atoms with van der Waals surface area (Å²) in [6.45, 7) is 4.26. The number of hydrogen-bond donors (Lipinski definition) is 1. The summed E-state index contributed by atoms with van der Waals surface area (Å²) in [5, 5.41) is 2.64. The molecule has 28 heavy (non-hydrogen) atoms. The molecule has 0 radical (unpaired) electrons. The number of aryl methyl sites for hydroxylation is 1. The van der Waals surface area contributed by atoms with Crippen molar-refractivity contribution in [2.45, 2.75) is 26.3 Å². The second kappa shape index (κ2) is 7.46. The number of anilines is 1. The molecule has 4 rings (SSSR count). The van der Waals surface area contributed by atoms with Crippen LogP contribution in [0.3, 0.4) is 0 Å². The minimum atomic E-state index is -0.466. The third kappa shape index (κ3) is 3.63. The van der Waals surface area contributed by atoms with Gasteiger partial charge in [-0.25, -0.2) is 9.18 Å². The number of carbonyl (C=O) groups is 2. The van der Waals surface area contributed by atoms with Gasteiger partial charge in [0.25, 0.3) is 5.91 Å². The molecule has 2 heterocycles. The molecule has 2 saturated heterocycles. The Morgan fingerprint density at radius 2 is 1.79 bits per heavy atom. The van der Waals surface area contributed by atoms with Crippen LogP contribution in [0.1, 0.15) is 29.5 Å². The highest BCUT2D eigenvalue weighted by molar-refractivity contribution is 6.14. The Labute approximate surface area is 163 Å². The van der Waals surface area contributed by atoms with Gasteiger partial charge in [0.15, 0.2) is 0 Å². The maximum Gasteiger partial charge on any atom is 0.329 e. The average Bonchev–Trinajstić information content (AvgIpc) is 3.30. The summed E-state index contributed by atoms with van der Waals surface area (Å²) < 4.78 is 13.1. The number of hydrogen-bond acceptors (Lipinski definition) is 3. The first kappa shape index (κ1) is 18.2. The predicted molar refractivity (Wildman–Crippen MR) is 106 cm³/mol. The number of rotatable bonds is 4. The Kier molecular flexibility index (Phi) is 4.86. The number of urea groups is 1. The molecule has 2 aromatic rings. The number of halogens is 1. The highest BCUT2D eigenvalue weighted by Crippen LogP contribution is 2.25. The fraction of sp³-hybridized carbons (Fsp3) is 0.273. The molecular weight excluding hydrogens is 357 g/mol. The van der Waals surface area contributed by atoms with Crippen molar-refractivity contribution in [2.24, 2.45) is 0 Å². The molecule has 6 heteroatoms. The minimum Gasteiger partial charge on any atom is -0.372 e. The SMILES string of the molecule is Cc1cc(N2CCCC2)ccc1C=C1NC(=O)N(Cc2ccc(F)cc2)C1=O. The van der Waals surface area contributed by atoms with E-state index in [0.29, 0.717) is 5.56 Å². The smallest absolute Gasteiger partial charge is 0.329 e. The first-order valence-corrected chi connectivity index (χ1v) is 9.46. The monoisotopic (exact) mass is 379 g/mol. The van der Waals surface area contributed by atoms with Crippen LogP contribution in [0.25, 0.3) is 6.08 Å². The molecule has 2 aliphatic heterocycles. The van der Waals surface area contributed by atoms with E-state index in [0.717, 1.165) is 29.1 Å². The number of amides is 3. The lowest BCUT2D eigenvalue weighted by Gasteiger charge is -2.18. The van der Waals surface area contributed by atoms with Crippen LogP contribution >= 0.6 is 0 Å². The van der Waals surface area contributed by atoms with Crippen molar-refractivity contribution >= 4 is 23.7 Å². The van der Waals surface area contributed by atoms with Crippen LogP contribution in [0.2, 0.25) is 0 Å². The van der Waals surface area contributed by atoms with Crippen LogP contribution in [0.4, 0.5) is 14.9 Å². The number of benzene rings is 2. The van der Waals surface area contributed by atoms with Crippen molar-refractivity contribution in [2.75, 3.05) is 18.0 Å². The number of imide groups is 1. The normalized spacial score (nSPS) is 18.3. The Morgan fingerprint density at radius 3 is 2.46 bits per heavy atom. The zero-order valence-corrected chi connectivity index (χ0v) is 15.7. The molecule has 2 aromatic carbocycles. The molecule has 0 bridgehead atoms. The lowest BCUT2D eigenvalue weighted by Crippen LogP contribution is -2.30. The van der Waals surface area contributed by atoms with Crippen molar-refractivity contribution in [1.82, 2.24) is 10.2 Å². The summed E-state index contributed by atoms with van der Waals surface area (Å²) in [7, 11) is 0. The first-order valence-electron chi connectivity index (χ1n) is 9.46.